The molecule has 0 saturated carbocycles. The van der Waals surface area contributed by atoms with Gasteiger partial charge in [-0.1, -0.05) is 39.8 Å². The van der Waals surface area contributed by atoms with E-state index in [-0.39, 0.29) is 5.56 Å². The fraction of sp³-hybridized carbons (Fsp3) is 0.111. The van der Waals surface area contributed by atoms with Crippen LogP contribution in [0.4, 0.5) is 5.69 Å². The minimum Gasteiger partial charge on any atom is -0.478 e. The van der Waals surface area contributed by atoms with Crippen molar-refractivity contribution in [3.05, 3.63) is 58.1 Å². The lowest BCUT2D eigenvalue weighted by Crippen LogP contribution is -2.17. The first kappa shape index (κ1) is 17.7. The standard InChI is InChI=1S/C18H13BrN4O3S/c1-27-18-21-16-14(22-23-18)12-8-11(19)6-7-13(12)20-15(26-16)9-2-4-10(5-3-9)17(24)25/h2-8,15,20H,1H3,(H,24,25)/t15-/m1/s1. The van der Waals surface area contributed by atoms with Crippen molar-refractivity contribution in [1.29, 1.82) is 0 Å². The Morgan fingerprint density at radius 1 is 1.22 bits per heavy atom. The number of benzene rings is 2. The SMILES string of the molecule is CSc1nnc2c(n1)O[C@H](c1ccc(C(=O)O)cc1)Nc1ccc(Br)cc1-2. The quantitative estimate of drug-likeness (QED) is 0.579. The minimum atomic E-state index is -0.974. The van der Waals surface area contributed by atoms with E-state index in [0.717, 1.165) is 21.3 Å². The minimum absolute atomic E-state index is 0.214. The van der Waals surface area contributed by atoms with Gasteiger partial charge in [-0.05, 0) is 36.6 Å². The number of anilines is 1. The number of halogens is 1. The Labute approximate surface area is 167 Å². The van der Waals surface area contributed by atoms with Gasteiger partial charge < -0.3 is 15.2 Å². The zero-order chi connectivity index (χ0) is 19.0. The number of thioether (sulfide) groups is 1. The molecule has 0 amide bonds. The number of hydrogen-bond acceptors (Lipinski definition) is 7. The maximum Gasteiger partial charge on any atom is 0.335 e. The second kappa shape index (κ2) is 7.16. The second-order valence-corrected chi connectivity index (χ2v) is 7.40. The molecule has 0 aliphatic carbocycles. The molecule has 2 N–H and O–H groups in total. The molecular weight excluding hydrogens is 432 g/mol. The first-order valence-corrected chi connectivity index (χ1v) is 9.92. The fourth-order valence-corrected chi connectivity index (χ4v) is 3.37. The molecule has 0 fully saturated rings. The van der Waals surface area contributed by atoms with Crippen molar-refractivity contribution < 1.29 is 14.6 Å². The van der Waals surface area contributed by atoms with E-state index in [4.69, 9.17) is 9.84 Å². The van der Waals surface area contributed by atoms with E-state index >= 15 is 0 Å². The first-order valence-electron chi connectivity index (χ1n) is 7.90. The molecule has 1 aliphatic rings. The van der Waals surface area contributed by atoms with Crippen LogP contribution >= 0.6 is 27.7 Å². The Hall–Kier alpha value is -2.65. The summed E-state index contributed by atoms with van der Waals surface area (Å²) in [4.78, 5) is 15.6. The van der Waals surface area contributed by atoms with E-state index in [1.54, 1.807) is 24.3 Å². The van der Waals surface area contributed by atoms with Crippen LogP contribution < -0.4 is 10.1 Å². The van der Waals surface area contributed by atoms with Crippen LogP contribution in [0.5, 0.6) is 5.88 Å². The van der Waals surface area contributed by atoms with Gasteiger partial charge in [0.2, 0.25) is 11.0 Å². The van der Waals surface area contributed by atoms with Crippen molar-refractivity contribution in [2.24, 2.45) is 0 Å². The Balaban J connectivity index is 1.82. The molecule has 1 aliphatic heterocycles. The maximum absolute atomic E-state index is 11.1. The number of carboxylic acid groups (broad SMARTS) is 1. The summed E-state index contributed by atoms with van der Waals surface area (Å²) in [6.07, 6.45) is 1.31. The van der Waals surface area contributed by atoms with Crippen molar-refractivity contribution in [2.45, 2.75) is 11.4 Å². The molecule has 4 rings (SSSR count). The summed E-state index contributed by atoms with van der Waals surface area (Å²) < 4.78 is 7.00. The zero-order valence-electron chi connectivity index (χ0n) is 14.0. The lowest BCUT2D eigenvalue weighted by molar-refractivity contribution is 0.0696. The van der Waals surface area contributed by atoms with Crippen LogP contribution in [0.15, 0.2) is 52.1 Å². The number of hydrogen-bond donors (Lipinski definition) is 2. The average Bonchev–Trinajstić information content (AvgIpc) is 2.84. The third kappa shape index (κ3) is 3.47. The fourth-order valence-electron chi connectivity index (χ4n) is 2.71. The molecule has 1 atom stereocenters. The largest absolute Gasteiger partial charge is 0.478 e. The van der Waals surface area contributed by atoms with Crippen LogP contribution in [0.1, 0.15) is 22.1 Å². The summed E-state index contributed by atoms with van der Waals surface area (Å²) >= 11 is 4.86. The van der Waals surface area contributed by atoms with Crippen molar-refractivity contribution in [1.82, 2.24) is 15.2 Å². The predicted octanol–water partition coefficient (Wildman–Crippen LogP) is 4.22. The Morgan fingerprint density at radius 2 is 2.00 bits per heavy atom. The molecule has 3 aromatic rings. The second-order valence-electron chi connectivity index (χ2n) is 5.71. The van der Waals surface area contributed by atoms with Gasteiger partial charge in [-0.25, -0.2) is 4.79 Å². The van der Waals surface area contributed by atoms with Crippen LogP contribution in [0.25, 0.3) is 11.3 Å². The van der Waals surface area contributed by atoms with Crippen molar-refractivity contribution >= 4 is 39.3 Å². The summed E-state index contributed by atoms with van der Waals surface area (Å²) in [5.74, 6) is -0.607. The lowest BCUT2D eigenvalue weighted by Gasteiger charge is -2.19. The van der Waals surface area contributed by atoms with E-state index in [1.165, 1.54) is 11.8 Å². The van der Waals surface area contributed by atoms with Gasteiger partial charge in [0.25, 0.3) is 0 Å². The van der Waals surface area contributed by atoms with E-state index in [2.05, 4.69) is 36.4 Å². The third-order valence-electron chi connectivity index (χ3n) is 4.03. The molecule has 0 spiro atoms. The number of carboxylic acids is 1. The van der Waals surface area contributed by atoms with Gasteiger partial charge in [0.15, 0.2) is 11.9 Å². The highest BCUT2D eigenvalue weighted by atomic mass is 79.9. The topological polar surface area (TPSA) is 97.2 Å². The maximum atomic E-state index is 11.1. The monoisotopic (exact) mass is 444 g/mol. The number of nitrogens with one attached hydrogen (secondary N) is 1. The summed E-state index contributed by atoms with van der Waals surface area (Å²) in [5, 5.41) is 21.4. The number of carbonyl (C=O) groups is 1. The lowest BCUT2D eigenvalue weighted by atomic mass is 10.1. The van der Waals surface area contributed by atoms with Crippen LogP contribution in [-0.4, -0.2) is 32.5 Å². The van der Waals surface area contributed by atoms with Crippen molar-refractivity contribution in [3.63, 3.8) is 0 Å². The van der Waals surface area contributed by atoms with Crippen LogP contribution in [-0.2, 0) is 0 Å². The van der Waals surface area contributed by atoms with Gasteiger partial charge in [0.1, 0.15) is 0 Å². The molecule has 0 saturated heterocycles. The number of fused-ring (bicyclic) bond motifs is 3. The summed E-state index contributed by atoms with van der Waals surface area (Å²) in [6, 6.07) is 12.3. The number of aromatic nitrogens is 3. The molecule has 0 bridgehead atoms. The summed E-state index contributed by atoms with van der Waals surface area (Å²) in [6.45, 7) is 0. The molecule has 0 unspecified atom stereocenters. The molecule has 2 heterocycles. The molecule has 136 valence electrons. The average molecular weight is 445 g/mol. The van der Waals surface area contributed by atoms with Gasteiger partial charge >= 0.3 is 5.97 Å². The Kier molecular flexibility index (Phi) is 4.71. The Morgan fingerprint density at radius 3 is 2.70 bits per heavy atom. The number of rotatable bonds is 3. The molecule has 7 nitrogen and oxygen atoms in total. The van der Waals surface area contributed by atoms with Crippen LogP contribution in [0.3, 0.4) is 0 Å². The summed E-state index contributed by atoms with van der Waals surface area (Å²) in [7, 11) is 0. The van der Waals surface area contributed by atoms with Gasteiger partial charge in [-0.3, -0.25) is 0 Å². The molecular formula is C18H13BrN4O3S. The molecule has 0 radical (unpaired) electrons. The zero-order valence-corrected chi connectivity index (χ0v) is 16.4. The van der Waals surface area contributed by atoms with E-state index in [1.807, 2.05) is 24.5 Å². The third-order valence-corrected chi connectivity index (χ3v) is 5.06. The predicted molar refractivity (Wildman–Crippen MR) is 105 cm³/mol. The first-order chi connectivity index (χ1) is 13.0. The normalized spacial score (nSPS) is 15.0. The van der Waals surface area contributed by atoms with Gasteiger partial charge in [-0.15, -0.1) is 10.2 Å². The molecule has 2 aromatic carbocycles. The number of nitrogens with zero attached hydrogens (tertiary/aromatic N) is 3. The summed E-state index contributed by atoms with van der Waals surface area (Å²) in [5.41, 5.74) is 3.16. The highest BCUT2D eigenvalue weighted by Gasteiger charge is 2.26. The molecule has 9 heteroatoms. The number of ether oxygens (including phenoxy) is 1. The van der Waals surface area contributed by atoms with Gasteiger partial charge in [0.05, 0.1) is 5.56 Å². The van der Waals surface area contributed by atoms with Crippen LogP contribution in [0, 0.1) is 0 Å². The highest BCUT2D eigenvalue weighted by molar-refractivity contribution is 9.10. The van der Waals surface area contributed by atoms with Gasteiger partial charge in [0, 0.05) is 21.3 Å². The molecule has 1 aromatic heterocycles. The van der Waals surface area contributed by atoms with Crippen molar-refractivity contribution in [3.8, 4) is 17.1 Å². The van der Waals surface area contributed by atoms with E-state index in [9.17, 15) is 4.79 Å². The van der Waals surface area contributed by atoms with Gasteiger partial charge in [-0.2, -0.15) is 4.98 Å². The van der Waals surface area contributed by atoms with Crippen molar-refractivity contribution in [2.75, 3.05) is 11.6 Å². The smallest absolute Gasteiger partial charge is 0.335 e. The molecule has 27 heavy (non-hydrogen) atoms. The van der Waals surface area contributed by atoms with E-state index < -0.39 is 12.2 Å². The van der Waals surface area contributed by atoms with Crippen LogP contribution in [0.2, 0.25) is 0 Å². The highest BCUT2D eigenvalue weighted by Crippen LogP contribution is 2.40. The number of aromatic carboxylic acids is 1. The Bertz CT molecular complexity index is 1030. The van der Waals surface area contributed by atoms with E-state index in [0.29, 0.717) is 16.7 Å².